The van der Waals surface area contributed by atoms with E-state index >= 15 is 0 Å². The maximum absolute atomic E-state index is 13.0. The quantitative estimate of drug-likeness (QED) is 0.157. The van der Waals surface area contributed by atoms with Gasteiger partial charge in [-0.25, -0.2) is 9.79 Å². The van der Waals surface area contributed by atoms with Gasteiger partial charge in [-0.05, 0) is 112 Å². The average molecular weight is 665 g/mol. The summed E-state index contributed by atoms with van der Waals surface area (Å²) in [5, 5.41) is 12.0. The van der Waals surface area contributed by atoms with Crippen molar-refractivity contribution in [2.75, 3.05) is 13.7 Å². The second kappa shape index (κ2) is 12.1. The maximum Gasteiger partial charge on any atom is 0.335 e. The summed E-state index contributed by atoms with van der Waals surface area (Å²) < 4.78 is 13.0. The van der Waals surface area contributed by atoms with Crippen LogP contribution in [0.1, 0.15) is 28.4 Å². The Morgan fingerprint density at radius 2 is 1.77 bits per heavy atom. The number of halogens is 1. The molecule has 0 aromatic heterocycles. The summed E-state index contributed by atoms with van der Waals surface area (Å²) in [5.41, 5.74) is 2.61. The number of hydrogen-bond donors (Lipinski definition) is 1. The number of benzene rings is 4. The van der Waals surface area contributed by atoms with Gasteiger partial charge < -0.3 is 14.6 Å². The number of hydrogen-bond acceptors (Lipinski definition) is 6. The molecule has 0 radical (unpaired) electrons. The van der Waals surface area contributed by atoms with Crippen LogP contribution in [-0.4, -0.2) is 40.7 Å². The summed E-state index contributed by atoms with van der Waals surface area (Å²) in [4.78, 5) is 30.6. The van der Waals surface area contributed by atoms with Crippen LogP contribution >= 0.6 is 34.4 Å². The monoisotopic (exact) mass is 664 g/mol. The molecule has 1 N–H and O–H groups in total. The summed E-state index contributed by atoms with van der Waals surface area (Å²) in [6.45, 7) is 2.78. The van der Waals surface area contributed by atoms with E-state index in [4.69, 9.17) is 14.6 Å². The van der Waals surface area contributed by atoms with Crippen molar-refractivity contribution < 1.29 is 24.2 Å². The molecule has 4 aromatic carbocycles. The van der Waals surface area contributed by atoms with Crippen molar-refractivity contribution >= 4 is 73.9 Å². The van der Waals surface area contributed by atoms with E-state index in [2.05, 4.69) is 57.9 Å². The predicted molar refractivity (Wildman–Crippen MR) is 167 cm³/mol. The number of thioether (sulfide) groups is 1. The van der Waals surface area contributed by atoms with Gasteiger partial charge in [0.2, 0.25) is 0 Å². The molecule has 1 fully saturated rings. The Bertz CT molecular complexity index is 1670. The summed E-state index contributed by atoms with van der Waals surface area (Å²) in [5.74, 6) is 0.0965. The number of carbonyl (C=O) groups excluding carboxylic acids is 1. The third kappa shape index (κ3) is 6.15. The molecule has 1 aliphatic rings. The zero-order chi connectivity index (χ0) is 28.2. The van der Waals surface area contributed by atoms with Crippen molar-refractivity contribution in [1.29, 1.82) is 0 Å². The molecule has 5 rings (SSSR count). The third-order valence-electron chi connectivity index (χ3n) is 6.17. The van der Waals surface area contributed by atoms with Gasteiger partial charge in [0.05, 0.1) is 26.3 Å². The van der Waals surface area contributed by atoms with Gasteiger partial charge in [0.1, 0.15) is 6.61 Å². The number of ether oxygens (including phenoxy) is 2. The fraction of sp³-hybridized carbons (Fsp3) is 0.129. The van der Waals surface area contributed by atoms with E-state index in [-0.39, 0.29) is 11.5 Å². The Kier molecular flexibility index (Phi) is 8.41. The number of aliphatic imine (C=N–C) groups is 1. The zero-order valence-electron chi connectivity index (χ0n) is 21.8. The number of amidine groups is 1. The predicted octanol–water partition coefficient (Wildman–Crippen LogP) is 7.35. The summed E-state index contributed by atoms with van der Waals surface area (Å²) >= 11 is 3.49. The van der Waals surface area contributed by atoms with Crippen LogP contribution in [-0.2, 0) is 11.4 Å². The van der Waals surface area contributed by atoms with Crippen LogP contribution in [0.3, 0.4) is 0 Å². The summed E-state index contributed by atoms with van der Waals surface area (Å²) in [6.07, 6.45) is 1.82. The number of fused-ring (bicyclic) bond motifs is 1. The van der Waals surface area contributed by atoms with Crippen LogP contribution < -0.4 is 9.47 Å². The minimum absolute atomic E-state index is 0.171. The van der Waals surface area contributed by atoms with Crippen molar-refractivity contribution in [2.24, 2.45) is 4.99 Å². The van der Waals surface area contributed by atoms with E-state index in [0.717, 1.165) is 20.1 Å². The first kappa shape index (κ1) is 27.7. The molecule has 1 amide bonds. The standard InChI is InChI=1S/C31H25IN2O5S/c1-3-38-26-16-20(15-25(32)28(26)39-18-19-8-9-21-6-4-5-7-23(21)14-19)17-27-29(35)34(2)31(40-27)33-24-12-10-22(11-13-24)30(36)37/h4-17H,3,18H2,1-2H3,(H,36,37)/b27-17-,33-31?. The minimum atomic E-state index is -1.00. The molecule has 0 spiro atoms. The molecular formula is C31H25IN2O5S. The van der Waals surface area contributed by atoms with Gasteiger partial charge in [-0.1, -0.05) is 36.4 Å². The van der Waals surface area contributed by atoms with E-state index in [1.807, 2.05) is 37.3 Å². The van der Waals surface area contributed by atoms with E-state index in [1.54, 1.807) is 19.2 Å². The molecule has 4 aromatic rings. The maximum atomic E-state index is 13.0. The van der Waals surface area contributed by atoms with E-state index in [9.17, 15) is 9.59 Å². The highest BCUT2D eigenvalue weighted by Crippen LogP contribution is 2.38. The Balaban J connectivity index is 1.37. The number of amides is 1. The molecule has 0 atom stereocenters. The fourth-order valence-corrected chi connectivity index (χ4v) is 5.92. The molecule has 1 saturated heterocycles. The lowest BCUT2D eigenvalue weighted by atomic mass is 10.1. The molecule has 0 aliphatic carbocycles. The van der Waals surface area contributed by atoms with Gasteiger partial charge in [-0.2, -0.15) is 0 Å². The fourth-order valence-electron chi connectivity index (χ4n) is 4.15. The molecule has 1 aliphatic heterocycles. The van der Waals surface area contributed by atoms with Gasteiger partial charge in [0, 0.05) is 7.05 Å². The second-order valence-electron chi connectivity index (χ2n) is 8.95. The molecule has 9 heteroatoms. The van der Waals surface area contributed by atoms with Crippen molar-refractivity contribution in [3.63, 3.8) is 0 Å². The van der Waals surface area contributed by atoms with Crippen molar-refractivity contribution in [2.45, 2.75) is 13.5 Å². The normalized spacial score (nSPS) is 15.3. The molecule has 1 heterocycles. The van der Waals surface area contributed by atoms with Crippen LogP contribution in [0.2, 0.25) is 0 Å². The van der Waals surface area contributed by atoms with Crippen LogP contribution in [0.25, 0.3) is 16.8 Å². The second-order valence-corrected chi connectivity index (χ2v) is 11.1. The van der Waals surface area contributed by atoms with Crippen LogP contribution in [0.15, 0.2) is 88.8 Å². The van der Waals surface area contributed by atoms with Crippen molar-refractivity contribution in [1.82, 2.24) is 4.90 Å². The van der Waals surface area contributed by atoms with Crippen molar-refractivity contribution in [3.05, 3.63) is 104 Å². The number of aromatic carboxylic acids is 1. The topological polar surface area (TPSA) is 88.4 Å². The van der Waals surface area contributed by atoms with Crippen molar-refractivity contribution in [3.8, 4) is 11.5 Å². The summed E-state index contributed by atoms with van der Waals surface area (Å²) in [6, 6.07) is 24.5. The zero-order valence-corrected chi connectivity index (χ0v) is 24.7. The lowest BCUT2D eigenvalue weighted by molar-refractivity contribution is -0.121. The average Bonchev–Trinajstić information content (AvgIpc) is 3.20. The van der Waals surface area contributed by atoms with Crippen LogP contribution in [0.5, 0.6) is 11.5 Å². The number of carbonyl (C=O) groups is 2. The largest absolute Gasteiger partial charge is 0.490 e. The van der Waals surface area contributed by atoms with Gasteiger partial charge >= 0.3 is 5.97 Å². The van der Waals surface area contributed by atoms with Crippen LogP contribution in [0.4, 0.5) is 5.69 Å². The number of carboxylic acid groups (broad SMARTS) is 1. The Morgan fingerprint density at radius 1 is 1.02 bits per heavy atom. The number of likely N-dealkylation sites (N-methyl/N-ethyl adjacent to an activating group) is 1. The van der Waals surface area contributed by atoms with E-state index in [1.165, 1.54) is 34.2 Å². The number of nitrogens with zero attached hydrogens (tertiary/aromatic N) is 2. The SMILES string of the molecule is CCOc1cc(/C=C2\SC(=Nc3ccc(C(=O)O)cc3)N(C)C2=O)cc(I)c1OCc1ccc2ccccc2c1. The van der Waals surface area contributed by atoms with E-state index < -0.39 is 5.97 Å². The first-order valence-corrected chi connectivity index (χ1v) is 14.4. The Labute approximate surface area is 249 Å². The molecule has 202 valence electrons. The molecule has 0 saturated carbocycles. The Morgan fingerprint density at radius 3 is 2.50 bits per heavy atom. The first-order valence-electron chi connectivity index (χ1n) is 12.5. The lowest BCUT2D eigenvalue weighted by Gasteiger charge is -2.15. The smallest absolute Gasteiger partial charge is 0.335 e. The van der Waals surface area contributed by atoms with Gasteiger partial charge in [0.15, 0.2) is 16.7 Å². The Hall–Kier alpha value is -3.83. The molecule has 0 unspecified atom stereocenters. The number of rotatable bonds is 8. The highest BCUT2D eigenvalue weighted by atomic mass is 127. The molecule has 0 bridgehead atoms. The van der Waals surface area contributed by atoms with Gasteiger partial charge in [0.25, 0.3) is 5.91 Å². The van der Waals surface area contributed by atoms with E-state index in [0.29, 0.717) is 40.5 Å². The highest BCUT2D eigenvalue weighted by Gasteiger charge is 2.30. The van der Waals surface area contributed by atoms with Gasteiger partial charge in [-0.15, -0.1) is 0 Å². The summed E-state index contributed by atoms with van der Waals surface area (Å²) in [7, 11) is 1.67. The molecular weight excluding hydrogens is 639 g/mol. The van der Waals surface area contributed by atoms with Crippen LogP contribution in [0, 0.1) is 3.57 Å². The minimum Gasteiger partial charge on any atom is -0.490 e. The molecule has 7 nitrogen and oxygen atoms in total. The third-order valence-corrected chi connectivity index (χ3v) is 8.03. The lowest BCUT2D eigenvalue weighted by Crippen LogP contribution is -2.23. The van der Waals surface area contributed by atoms with Gasteiger partial charge in [-0.3, -0.25) is 9.69 Å². The first-order chi connectivity index (χ1) is 19.3. The number of carboxylic acids is 1. The highest BCUT2D eigenvalue weighted by molar-refractivity contribution is 14.1. The molecule has 40 heavy (non-hydrogen) atoms.